The minimum Gasteiger partial charge on any atom is -0.356 e. The van der Waals surface area contributed by atoms with Gasteiger partial charge in [0.25, 0.3) is 0 Å². The van der Waals surface area contributed by atoms with Crippen molar-refractivity contribution in [3.05, 3.63) is 60.0 Å². The normalized spacial score (nSPS) is 14.8. The van der Waals surface area contributed by atoms with Gasteiger partial charge in [0, 0.05) is 19.0 Å². The molecule has 0 aliphatic carbocycles. The molecule has 8 heteroatoms. The zero-order valence-electron chi connectivity index (χ0n) is 16.6. The van der Waals surface area contributed by atoms with Crippen LogP contribution in [-0.4, -0.2) is 42.0 Å². The fourth-order valence-electron chi connectivity index (χ4n) is 2.95. The van der Waals surface area contributed by atoms with E-state index < -0.39 is 0 Å². The van der Waals surface area contributed by atoms with Crippen molar-refractivity contribution in [3.8, 4) is 11.4 Å². The monoisotopic (exact) mass is 408 g/mol. The number of nitrogens with zero attached hydrogens (tertiary/aromatic N) is 4. The molecule has 0 unspecified atom stereocenters. The summed E-state index contributed by atoms with van der Waals surface area (Å²) in [6.45, 7) is 10.8. The smallest absolute Gasteiger partial charge is 0.232 e. The molecule has 3 heterocycles. The Morgan fingerprint density at radius 3 is 2.76 bits per heavy atom. The molecule has 29 heavy (non-hydrogen) atoms. The molecule has 0 fully saturated rings. The number of thiazole rings is 1. The Labute approximate surface area is 174 Å². The van der Waals surface area contributed by atoms with E-state index in [2.05, 4.69) is 38.8 Å². The van der Waals surface area contributed by atoms with Gasteiger partial charge in [0.1, 0.15) is 11.5 Å². The third-order valence-corrected chi connectivity index (χ3v) is 5.20. The molecule has 1 aliphatic heterocycles. The molecule has 0 radical (unpaired) electrons. The van der Waals surface area contributed by atoms with Crippen LogP contribution in [0.5, 0.6) is 0 Å². The van der Waals surface area contributed by atoms with Gasteiger partial charge in [-0.3, -0.25) is 14.7 Å². The fraction of sp³-hybridized carbons (Fsp3) is 0.238. The lowest BCUT2D eigenvalue weighted by atomic mass is 9.99. The van der Waals surface area contributed by atoms with Gasteiger partial charge in [0.15, 0.2) is 11.1 Å². The average Bonchev–Trinajstić information content (AvgIpc) is 3.21. The molecule has 1 amide bonds. The summed E-state index contributed by atoms with van der Waals surface area (Å²) in [5.41, 5.74) is 3.35. The van der Waals surface area contributed by atoms with Gasteiger partial charge in [-0.1, -0.05) is 31.4 Å². The highest BCUT2D eigenvalue weighted by Crippen LogP contribution is 2.28. The zero-order valence-corrected chi connectivity index (χ0v) is 17.4. The van der Waals surface area contributed by atoms with Crippen LogP contribution >= 0.6 is 11.3 Å². The first kappa shape index (κ1) is 20.5. The third-order valence-electron chi connectivity index (χ3n) is 4.45. The molecule has 150 valence electrons. The van der Waals surface area contributed by atoms with Crippen molar-refractivity contribution in [2.45, 2.75) is 13.3 Å². The number of allylic oxidation sites excluding steroid dienone is 1. The molecule has 0 atom stereocenters. The Bertz CT molecular complexity index is 991. The number of hydrogen-bond acceptors (Lipinski definition) is 5. The van der Waals surface area contributed by atoms with Crippen molar-refractivity contribution in [1.82, 2.24) is 15.3 Å². The number of guanidine groups is 1. The number of carbonyl (C=O) groups is 1. The van der Waals surface area contributed by atoms with Gasteiger partial charge in [0.05, 0.1) is 18.7 Å². The van der Waals surface area contributed by atoms with E-state index in [1.165, 1.54) is 11.3 Å². The van der Waals surface area contributed by atoms with E-state index in [0.717, 1.165) is 28.5 Å². The third kappa shape index (κ3) is 4.60. The molecule has 2 aromatic rings. The Morgan fingerprint density at radius 2 is 2.07 bits per heavy atom. The number of aliphatic imine (C=N–C) groups is 1. The first-order chi connectivity index (χ1) is 14.1. The number of pyridine rings is 1. The van der Waals surface area contributed by atoms with E-state index in [0.29, 0.717) is 30.4 Å². The molecule has 2 aromatic heterocycles. The summed E-state index contributed by atoms with van der Waals surface area (Å²) in [7, 11) is 1.71. The van der Waals surface area contributed by atoms with E-state index in [4.69, 9.17) is 0 Å². The van der Waals surface area contributed by atoms with Crippen LogP contribution in [0.4, 0.5) is 10.9 Å². The number of hydrogen-bond donors (Lipinski definition) is 2. The van der Waals surface area contributed by atoms with Crippen LogP contribution in [-0.2, 0) is 4.79 Å². The summed E-state index contributed by atoms with van der Waals surface area (Å²) in [5, 5.41) is 8.93. The van der Waals surface area contributed by atoms with Crippen molar-refractivity contribution in [2.24, 2.45) is 4.99 Å². The quantitative estimate of drug-likeness (QED) is 0.564. The lowest BCUT2D eigenvalue weighted by Gasteiger charge is -2.28. The van der Waals surface area contributed by atoms with Crippen molar-refractivity contribution in [1.29, 1.82) is 0 Å². The topological polar surface area (TPSA) is 82.5 Å². The standard InChI is InChI=1S/C21H24N6OS/c1-5-14-11-19(28)27(12-15(14)6-2)18-10-8-9-16(24-18)17-13-29-21(25-17)26-20(22-4)23-7-3/h5-6,8-10,13H,1-2,7,11-12H2,3-4H3,(H2,22,23,25,26). The lowest BCUT2D eigenvalue weighted by molar-refractivity contribution is -0.118. The molecule has 0 bridgehead atoms. The van der Waals surface area contributed by atoms with Crippen LogP contribution in [0, 0.1) is 0 Å². The van der Waals surface area contributed by atoms with Crippen molar-refractivity contribution in [2.75, 3.05) is 30.4 Å². The second-order valence-corrected chi connectivity index (χ2v) is 7.12. The van der Waals surface area contributed by atoms with Crippen LogP contribution in [0.3, 0.4) is 0 Å². The number of carbonyl (C=O) groups excluding carboxylic acids is 1. The highest BCUT2D eigenvalue weighted by atomic mass is 32.1. The summed E-state index contributed by atoms with van der Waals surface area (Å²) < 4.78 is 0. The van der Waals surface area contributed by atoms with Crippen molar-refractivity contribution in [3.63, 3.8) is 0 Å². The first-order valence-electron chi connectivity index (χ1n) is 9.27. The molecule has 7 nitrogen and oxygen atoms in total. The maximum Gasteiger partial charge on any atom is 0.232 e. The molecule has 0 saturated carbocycles. The minimum atomic E-state index is -0.00905. The minimum absolute atomic E-state index is 0.00905. The van der Waals surface area contributed by atoms with Gasteiger partial charge >= 0.3 is 0 Å². The molecule has 0 aromatic carbocycles. The maximum atomic E-state index is 12.6. The van der Waals surface area contributed by atoms with Crippen LogP contribution in [0.2, 0.25) is 0 Å². The molecular weight excluding hydrogens is 384 g/mol. The highest BCUT2D eigenvalue weighted by molar-refractivity contribution is 7.14. The van der Waals surface area contributed by atoms with Crippen molar-refractivity contribution >= 4 is 34.2 Å². The summed E-state index contributed by atoms with van der Waals surface area (Å²) in [6, 6.07) is 5.60. The number of amides is 1. The van der Waals surface area contributed by atoms with Gasteiger partial charge in [-0.05, 0) is 30.2 Å². The predicted molar refractivity (Wildman–Crippen MR) is 120 cm³/mol. The van der Waals surface area contributed by atoms with E-state index in [-0.39, 0.29) is 5.91 Å². The van der Waals surface area contributed by atoms with E-state index >= 15 is 0 Å². The van der Waals surface area contributed by atoms with Gasteiger partial charge in [-0.2, -0.15) is 0 Å². The number of anilines is 2. The summed E-state index contributed by atoms with van der Waals surface area (Å²) in [4.78, 5) is 27.7. The van der Waals surface area contributed by atoms with Gasteiger partial charge in [0.2, 0.25) is 5.91 Å². The largest absolute Gasteiger partial charge is 0.356 e. The number of rotatable bonds is 6. The number of nitrogens with one attached hydrogen (secondary N) is 2. The first-order valence-corrected chi connectivity index (χ1v) is 10.2. The zero-order chi connectivity index (χ0) is 20.8. The van der Waals surface area contributed by atoms with Gasteiger partial charge in [-0.15, -0.1) is 11.3 Å². The second-order valence-electron chi connectivity index (χ2n) is 6.26. The molecular formula is C21H24N6OS. The maximum absolute atomic E-state index is 12.6. The molecule has 1 aliphatic rings. The summed E-state index contributed by atoms with van der Waals surface area (Å²) in [6.07, 6.45) is 3.79. The Kier molecular flexibility index (Phi) is 6.56. The Hall–Kier alpha value is -3.26. The fourth-order valence-corrected chi connectivity index (χ4v) is 3.66. The highest BCUT2D eigenvalue weighted by Gasteiger charge is 2.25. The Morgan fingerprint density at radius 1 is 1.28 bits per heavy atom. The molecule has 0 spiro atoms. The van der Waals surface area contributed by atoms with E-state index in [9.17, 15) is 4.79 Å². The van der Waals surface area contributed by atoms with Crippen LogP contribution < -0.4 is 15.5 Å². The van der Waals surface area contributed by atoms with Gasteiger partial charge < -0.3 is 10.6 Å². The molecule has 2 N–H and O–H groups in total. The molecule has 3 rings (SSSR count). The predicted octanol–water partition coefficient (Wildman–Crippen LogP) is 3.62. The molecule has 0 saturated heterocycles. The second kappa shape index (κ2) is 9.29. The Balaban J connectivity index is 1.84. The van der Waals surface area contributed by atoms with Crippen molar-refractivity contribution < 1.29 is 4.79 Å². The average molecular weight is 409 g/mol. The van der Waals surface area contributed by atoms with E-state index in [1.54, 1.807) is 24.1 Å². The summed E-state index contributed by atoms with van der Waals surface area (Å²) in [5.74, 6) is 1.25. The lowest BCUT2D eigenvalue weighted by Crippen LogP contribution is -2.37. The van der Waals surface area contributed by atoms with Crippen LogP contribution in [0.25, 0.3) is 11.4 Å². The van der Waals surface area contributed by atoms with Crippen LogP contribution in [0.1, 0.15) is 13.3 Å². The van der Waals surface area contributed by atoms with E-state index in [1.807, 2.05) is 30.5 Å². The summed E-state index contributed by atoms with van der Waals surface area (Å²) >= 11 is 1.47. The van der Waals surface area contributed by atoms with Crippen LogP contribution in [0.15, 0.2) is 65.0 Å². The van der Waals surface area contributed by atoms with Gasteiger partial charge in [-0.25, -0.2) is 9.97 Å². The number of aromatic nitrogens is 2. The SMILES string of the molecule is C=CC1=C(C=C)CN(c2cccc(-c3csc(NC(=NC)NCC)n3)n2)C(=O)C1.